The molecule has 0 saturated carbocycles. The molecule has 0 atom stereocenters. The van der Waals surface area contributed by atoms with Crippen LogP contribution in [0, 0.1) is 6.92 Å². The Morgan fingerprint density at radius 2 is 2.20 bits per heavy atom. The van der Waals surface area contributed by atoms with E-state index >= 15 is 0 Å². The summed E-state index contributed by atoms with van der Waals surface area (Å²) < 4.78 is 8.57. The predicted octanol–water partition coefficient (Wildman–Crippen LogP) is 3.42. The number of benzene rings is 1. The molecule has 5 heteroatoms. The number of rotatable bonds is 4. The average molecular weight is 332 g/mol. The van der Waals surface area contributed by atoms with Crippen molar-refractivity contribution in [1.82, 2.24) is 14.4 Å². The maximum atomic E-state index is 5.76. The van der Waals surface area contributed by atoms with Gasteiger partial charge in [-0.25, -0.2) is 9.97 Å². The molecule has 3 aromatic rings. The fourth-order valence-corrected chi connectivity index (χ4v) is 2.63. The van der Waals surface area contributed by atoms with Crippen LogP contribution >= 0.6 is 15.9 Å². The van der Waals surface area contributed by atoms with Gasteiger partial charge in [-0.05, 0) is 46.6 Å². The largest absolute Gasteiger partial charge is 0.493 e. The Morgan fingerprint density at radius 3 is 3.05 bits per heavy atom. The molecule has 0 N–H and O–H groups in total. The van der Waals surface area contributed by atoms with Gasteiger partial charge >= 0.3 is 0 Å². The van der Waals surface area contributed by atoms with E-state index < -0.39 is 0 Å². The van der Waals surface area contributed by atoms with Gasteiger partial charge in [0, 0.05) is 12.6 Å². The lowest BCUT2D eigenvalue weighted by molar-refractivity contribution is 0.318. The van der Waals surface area contributed by atoms with E-state index in [1.54, 1.807) is 12.5 Å². The molecule has 20 heavy (non-hydrogen) atoms. The van der Waals surface area contributed by atoms with Gasteiger partial charge in [0.25, 0.3) is 0 Å². The molecule has 0 unspecified atom stereocenters. The molecule has 0 aliphatic heterocycles. The molecule has 0 fully saturated rings. The normalized spacial score (nSPS) is 10.9. The van der Waals surface area contributed by atoms with E-state index in [0.717, 1.165) is 28.1 Å². The Kier molecular flexibility index (Phi) is 3.69. The van der Waals surface area contributed by atoms with Gasteiger partial charge in [-0.3, -0.25) is 4.40 Å². The number of hydrogen-bond acceptors (Lipinski definition) is 3. The van der Waals surface area contributed by atoms with Crippen molar-refractivity contribution in [3.05, 3.63) is 58.8 Å². The highest BCUT2D eigenvalue weighted by Crippen LogP contribution is 2.18. The van der Waals surface area contributed by atoms with E-state index in [4.69, 9.17) is 4.74 Å². The summed E-state index contributed by atoms with van der Waals surface area (Å²) >= 11 is 3.46. The first-order valence-electron chi connectivity index (χ1n) is 6.40. The summed E-state index contributed by atoms with van der Waals surface area (Å²) in [6.45, 7) is 2.64. The number of nitrogens with zero attached hydrogens (tertiary/aromatic N) is 3. The lowest BCUT2D eigenvalue weighted by atomic mass is 10.2. The van der Waals surface area contributed by atoms with Crippen LogP contribution in [0.15, 0.2) is 47.5 Å². The smallest absolute Gasteiger partial charge is 0.132 e. The molecule has 4 nitrogen and oxygen atoms in total. The molecule has 2 aromatic heterocycles. The summed E-state index contributed by atoms with van der Waals surface area (Å²) in [6.07, 6.45) is 4.26. The number of imidazole rings is 1. The molecule has 3 rings (SSSR count). The van der Waals surface area contributed by atoms with Crippen molar-refractivity contribution in [2.75, 3.05) is 6.61 Å². The van der Waals surface area contributed by atoms with Crippen LogP contribution in [-0.4, -0.2) is 21.0 Å². The summed E-state index contributed by atoms with van der Waals surface area (Å²) in [4.78, 5) is 8.62. The molecule has 0 amide bonds. The van der Waals surface area contributed by atoms with Crippen LogP contribution in [0.5, 0.6) is 5.75 Å². The first-order chi connectivity index (χ1) is 9.74. The van der Waals surface area contributed by atoms with E-state index in [0.29, 0.717) is 6.61 Å². The zero-order valence-electron chi connectivity index (χ0n) is 11.1. The summed E-state index contributed by atoms with van der Waals surface area (Å²) in [5.74, 6) is 1.83. The third-order valence-corrected chi connectivity index (χ3v) is 3.64. The number of aryl methyl sites for hydroxylation is 1. The minimum absolute atomic E-state index is 0.587. The van der Waals surface area contributed by atoms with Crippen LogP contribution in [-0.2, 0) is 6.42 Å². The van der Waals surface area contributed by atoms with Gasteiger partial charge in [-0.2, -0.15) is 0 Å². The van der Waals surface area contributed by atoms with Gasteiger partial charge < -0.3 is 4.74 Å². The second-order valence-corrected chi connectivity index (χ2v) is 5.32. The van der Waals surface area contributed by atoms with Gasteiger partial charge in [-0.15, -0.1) is 0 Å². The third kappa shape index (κ3) is 2.67. The highest BCUT2D eigenvalue weighted by molar-refractivity contribution is 9.10. The summed E-state index contributed by atoms with van der Waals surface area (Å²) in [7, 11) is 0. The van der Waals surface area contributed by atoms with Crippen molar-refractivity contribution in [2.24, 2.45) is 0 Å². The minimum atomic E-state index is 0.587. The Morgan fingerprint density at radius 1 is 1.30 bits per heavy atom. The first-order valence-corrected chi connectivity index (χ1v) is 7.19. The van der Waals surface area contributed by atoms with Crippen LogP contribution in [0.3, 0.4) is 0 Å². The Hall–Kier alpha value is -1.88. The Bertz CT molecular complexity index is 739. The minimum Gasteiger partial charge on any atom is -0.493 e. The fourth-order valence-electron chi connectivity index (χ4n) is 2.10. The van der Waals surface area contributed by atoms with Gasteiger partial charge in [0.05, 0.1) is 12.1 Å². The molecule has 0 aliphatic rings. The van der Waals surface area contributed by atoms with Crippen molar-refractivity contribution < 1.29 is 4.74 Å². The van der Waals surface area contributed by atoms with Gasteiger partial charge in [0.1, 0.15) is 22.5 Å². The van der Waals surface area contributed by atoms with Gasteiger partial charge in [-0.1, -0.05) is 12.1 Å². The third-order valence-electron chi connectivity index (χ3n) is 3.06. The Labute approximate surface area is 125 Å². The van der Waals surface area contributed by atoms with Gasteiger partial charge in [0.2, 0.25) is 0 Å². The van der Waals surface area contributed by atoms with Crippen molar-refractivity contribution in [2.45, 2.75) is 13.3 Å². The van der Waals surface area contributed by atoms with Crippen molar-refractivity contribution in [1.29, 1.82) is 0 Å². The second kappa shape index (κ2) is 5.63. The lowest BCUT2D eigenvalue weighted by Crippen LogP contribution is -2.05. The number of aromatic nitrogens is 3. The highest BCUT2D eigenvalue weighted by atomic mass is 79.9. The van der Waals surface area contributed by atoms with E-state index in [1.807, 2.05) is 28.7 Å². The predicted molar refractivity (Wildman–Crippen MR) is 81.1 cm³/mol. The first kappa shape index (κ1) is 13.1. The monoisotopic (exact) mass is 331 g/mol. The standard InChI is InChI=1S/C15H14BrN3O/c1-11-3-2-4-12(9-11)20-8-6-14-18-15(16)13-5-7-17-10-19(13)14/h2-5,7,9-10H,6,8H2,1H3. The van der Waals surface area contributed by atoms with Crippen molar-refractivity contribution in [3.8, 4) is 5.75 Å². The van der Waals surface area contributed by atoms with E-state index in [2.05, 4.69) is 38.9 Å². The van der Waals surface area contributed by atoms with E-state index in [1.165, 1.54) is 5.56 Å². The van der Waals surface area contributed by atoms with E-state index in [9.17, 15) is 0 Å². The Balaban J connectivity index is 1.71. The van der Waals surface area contributed by atoms with Crippen molar-refractivity contribution in [3.63, 3.8) is 0 Å². The maximum absolute atomic E-state index is 5.76. The molecule has 0 spiro atoms. The van der Waals surface area contributed by atoms with Crippen LogP contribution in [0.25, 0.3) is 5.52 Å². The maximum Gasteiger partial charge on any atom is 0.132 e. The molecule has 0 saturated heterocycles. The van der Waals surface area contributed by atoms with Crippen molar-refractivity contribution >= 4 is 21.4 Å². The van der Waals surface area contributed by atoms with Crippen LogP contribution in [0.2, 0.25) is 0 Å². The SMILES string of the molecule is Cc1cccc(OCCc2nc(Br)c3ccncn23)c1. The summed E-state index contributed by atoms with van der Waals surface area (Å²) in [5.41, 5.74) is 2.21. The summed E-state index contributed by atoms with van der Waals surface area (Å²) in [6, 6.07) is 9.98. The molecular formula is C15H14BrN3O. The quantitative estimate of drug-likeness (QED) is 0.735. The van der Waals surface area contributed by atoms with Gasteiger partial charge in [0.15, 0.2) is 0 Å². The molecule has 1 aromatic carbocycles. The zero-order valence-corrected chi connectivity index (χ0v) is 12.7. The molecule has 102 valence electrons. The van der Waals surface area contributed by atoms with Crippen LogP contribution < -0.4 is 4.74 Å². The lowest BCUT2D eigenvalue weighted by Gasteiger charge is -2.06. The van der Waals surface area contributed by atoms with Crippen LogP contribution in [0.1, 0.15) is 11.4 Å². The fraction of sp³-hybridized carbons (Fsp3) is 0.200. The molecule has 0 aliphatic carbocycles. The van der Waals surface area contributed by atoms with Crippen LogP contribution in [0.4, 0.5) is 0 Å². The number of halogens is 1. The number of ether oxygens (including phenoxy) is 1. The molecular weight excluding hydrogens is 318 g/mol. The zero-order chi connectivity index (χ0) is 13.9. The summed E-state index contributed by atoms with van der Waals surface area (Å²) in [5, 5.41) is 0. The number of hydrogen-bond donors (Lipinski definition) is 0. The molecule has 2 heterocycles. The molecule has 0 radical (unpaired) electrons. The second-order valence-electron chi connectivity index (χ2n) is 4.57. The highest BCUT2D eigenvalue weighted by Gasteiger charge is 2.08. The average Bonchev–Trinajstić information content (AvgIpc) is 2.77. The number of fused-ring (bicyclic) bond motifs is 1. The molecule has 0 bridgehead atoms. The topological polar surface area (TPSA) is 39.4 Å². The van der Waals surface area contributed by atoms with E-state index in [-0.39, 0.29) is 0 Å².